The fourth-order valence-electron chi connectivity index (χ4n) is 4.79. The van der Waals surface area contributed by atoms with E-state index in [4.69, 9.17) is 0 Å². The van der Waals surface area contributed by atoms with Crippen molar-refractivity contribution in [2.45, 2.75) is 65.7 Å². The molecular formula is C20H28O. The summed E-state index contributed by atoms with van der Waals surface area (Å²) in [5, 5.41) is 0. The Labute approximate surface area is 129 Å². The van der Waals surface area contributed by atoms with E-state index in [1.807, 2.05) is 6.08 Å². The molecule has 0 unspecified atom stereocenters. The highest BCUT2D eigenvalue weighted by atomic mass is 16.1. The number of fused-ring (bicyclic) bond motifs is 3. The number of ketones is 1. The summed E-state index contributed by atoms with van der Waals surface area (Å²) < 4.78 is 0. The summed E-state index contributed by atoms with van der Waals surface area (Å²) in [6, 6.07) is 0. The van der Waals surface area contributed by atoms with Gasteiger partial charge in [-0.2, -0.15) is 0 Å². The Kier molecular flexibility index (Phi) is 3.50. The first-order valence-corrected chi connectivity index (χ1v) is 8.45. The van der Waals surface area contributed by atoms with Crippen molar-refractivity contribution in [3.63, 3.8) is 0 Å². The first-order valence-electron chi connectivity index (χ1n) is 8.45. The van der Waals surface area contributed by atoms with Crippen molar-refractivity contribution in [3.8, 4) is 0 Å². The molecule has 0 amide bonds. The van der Waals surface area contributed by atoms with E-state index in [9.17, 15) is 4.79 Å². The molecule has 0 spiro atoms. The molecule has 3 aliphatic carbocycles. The Morgan fingerprint density at radius 2 is 2.00 bits per heavy atom. The minimum absolute atomic E-state index is 0.206. The summed E-state index contributed by atoms with van der Waals surface area (Å²) in [6.45, 7) is 11.1. The Hall–Kier alpha value is -1.11. The molecule has 0 aromatic carbocycles. The van der Waals surface area contributed by atoms with Gasteiger partial charge in [-0.3, -0.25) is 4.79 Å². The molecule has 0 aliphatic heterocycles. The van der Waals surface area contributed by atoms with Crippen molar-refractivity contribution < 1.29 is 4.79 Å². The van der Waals surface area contributed by atoms with Crippen LogP contribution < -0.4 is 0 Å². The third-order valence-electron chi connectivity index (χ3n) is 6.57. The lowest BCUT2D eigenvalue weighted by Gasteiger charge is -2.53. The van der Waals surface area contributed by atoms with Gasteiger partial charge in [0.15, 0.2) is 5.78 Å². The van der Waals surface area contributed by atoms with Crippen LogP contribution in [-0.2, 0) is 4.79 Å². The molecular weight excluding hydrogens is 256 g/mol. The molecule has 0 bridgehead atoms. The SMILES string of the molecule is C=C[C@]1(C)CC[C@@]2(C)C3=CC(=O)CCC(C)=C3CC[C@@H]2C1. The molecule has 2 saturated carbocycles. The highest BCUT2D eigenvalue weighted by Crippen LogP contribution is 2.59. The van der Waals surface area contributed by atoms with Gasteiger partial charge < -0.3 is 0 Å². The van der Waals surface area contributed by atoms with E-state index in [1.54, 1.807) is 0 Å². The standard InChI is InChI=1S/C20H28O/c1-5-19(3)10-11-20(4)15(13-19)7-9-17-14(2)6-8-16(21)12-18(17)20/h5,12,15H,1,6-11,13H2,2-4H3/t15-,19-,20-/m1/s1. The third-order valence-corrected chi connectivity index (χ3v) is 6.57. The highest BCUT2D eigenvalue weighted by Gasteiger charge is 2.48. The number of carbonyl (C=O) groups excluding carboxylic acids is 1. The van der Waals surface area contributed by atoms with Crippen LogP contribution in [0.25, 0.3) is 0 Å². The summed E-state index contributed by atoms with van der Waals surface area (Å²) in [5.74, 6) is 1.03. The van der Waals surface area contributed by atoms with Crippen LogP contribution in [0, 0.1) is 16.7 Å². The lowest BCUT2D eigenvalue weighted by Crippen LogP contribution is -2.42. The lowest BCUT2D eigenvalue weighted by molar-refractivity contribution is -0.114. The van der Waals surface area contributed by atoms with E-state index in [1.165, 1.54) is 48.8 Å². The quantitative estimate of drug-likeness (QED) is 0.590. The van der Waals surface area contributed by atoms with Gasteiger partial charge in [-0.15, -0.1) is 6.58 Å². The Balaban J connectivity index is 2.02. The largest absolute Gasteiger partial charge is 0.295 e. The van der Waals surface area contributed by atoms with Crippen LogP contribution in [0.3, 0.4) is 0 Å². The monoisotopic (exact) mass is 284 g/mol. The third kappa shape index (κ3) is 2.35. The van der Waals surface area contributed by atoms with Crippen molar-refractivity contribution in [1.29, 1.82) is 0 Å². The van der Waals surface area contributed by atoms with Crippen LogP contribution in [-0.4, -0.2) is 5.78 Å². The first-order chi connectivity index (χ1) is 9.88. The normalized spacial score (nSPS) is 40.0. The van der Waals surface area contributed by atoms with E-state index in [0.29, 0.717) is 18.1 Å². The van der Waals surface area contributed by atoms with Crippen molar-refractivity contribution in [2.75, 3.05) is 0 Å². The number of carbonyl (C=O) groups is 1. The molecule has 21 heavy (non-hydrogen) atoms. The van der Waals surface area contributed by atoms with Crippen LogP contribution >= 0.6 is 0 Å². The van der Waals surface area contributed by atoms with Gasteiger partial charge >= 0.3 is 0 Å². The van der Waals surface area contributed by atoms with Crippen LogP contribution in [0.5, 0.6) is 0 Å². The van der Waals surface area contributed by atoms with E-state index in [-0.39, 0.29) is 10.8 Å². The average molecular weight is 284 g/mol. The second-order valence-electron chi connectivity index (χ2n) is 8.00. The second-order valence-corrected chi connectivity index (χ2v) is 8.00. The molecule has 0 heterocycles. The predicted octanol–water partition coefficient (Wildman–Crippen LogP) is 5.38. The zero-order valence-electron chi connectivity index (χ0n) is 13.8. The second kappa shape index (κ2) is 4.97. The molecule has 3 aliphatic rings. The lowest BCUT2D eigenvalue weighted by atomic mass is 9.52. The molecule has 3 rings (SSSR count). The van der Waals surface area contributed by atoms with Gasteiger partial charge in [0.25, 0.3) is 0 Å². The van der Waals surface area contributed by atoms with E-state index < -0.39 is 0 Å². The van der Waals surface area contributed by atoms with E-state index in [0.717, 1.165) is 6.42 Å². The first kappa shape index (κ1) is 14.8. The van der Waals surface area contributed by atoms with Gasteiger partial charge in [0.05, 0.1) is 0 Å². The number of rotatable bonds is 1. The van der Waals surface area contributed by atoms with E-state index >= 15 is 0 Å². The average Bonchev–Trinajstić information content (AvgIpc) is 2.61. The molecule has 2 fully saturated rings. The molecule has 0 radical (unpaired) electrons. The highest BCUT2D eigenvalue weighted by molar-refractivity contribution is 5.92. The van der Waals surface area contributed by atoms with Crippen molar-refractivity contribution in [1.82, 2.24) is 0 Å². The van der Waals surface area contributed by atoms with Crippen LogP contribution in [0.4, 0.5) is 0 Å². The minimum atomic E-state index is 0.206. The summed E-state index contributed by atoms with van der Waals surface area (Å²) >= 11 is 0. The number of hydrogen-bond acceptors (Lipinski definition) is 1. The van der Waals surface area contributed by atoms with Crippen molar-refractivity contribution in [2.24, 2.45) is 16.7 Å². The molecule has 0 aromatic heterocycles. The molecule has 1 heteroatoms. The molecule has 0 N–H and O–H groups in total. The maximum atomic E-state index is 12.2. The van der Waals surface area contributed by atoms with Gasteiger partial charge in [0.1, 0.15) is 0 Å². The molecule has 114 valence electrons. The fraction of sp³-hybridized carbons (Fsp3) is 0.650. The molecule has 0 saturated heterocycles. The molecule has 3 atom stereocenters. The number of allylic oxidation sites excluding steroid dienone is 5. The Morgan fingerprint density at radius 3 is 2.71 bits per heavy atom. The summed E-state index contributed by atoms with van der Waals surface area (Å²) in [5.41, 5.74) is 4.86. The smallest absolute Gasteiger partial charge is 0.156 e. The fourth-order valence-corrected chi connectivity index (χ4v) is 4.79. The summed E-state index contributed by atoms with van der Waals surface area (Å²) in [4.78, 5) is 12.2. The van der Waals surface area contributed by atoms with Crippen LogP contribution in [0.1, 0.15) is 65.7 Å². The van der Waals surface area contributed by atoms with Crippen molar-refractivity contribution >= 4 is 5.78 Å². The van der Waals surface area contributed by atoms with Crippen molar-refractivity contribution in [3.05, 3.63) is 35.5 Å². The van der Waals surface area contributed by atoms with Gasteiger partial charge in [-0.25, -0.2) is 0 Å². The van der Waals surface area contributed by atoms with E-state index in [2.05, 4.69) is 33.4 Å². The summed E-state index contributed by atoms with van der Waals surface area (Å²) in [6.07, 6.45) is 11.9. The zero-order chi connectivity index (χ0) is 15.3. The minimum Gasteiger partial charge on any atom is -0.295 e. The maximum Gasteiger partial charge on any atom is 0.156 e. The van der Waals surface area contributed by atoms with Gasteiger partial charge in [0, 0.05) is 6.42 Å². The van der Waals surface area contributed by atoms with Crippen LogP contribution in [0.15, 0.2) is 35.5 Å². The Bertz CT molecular complexity index is 550. The Morgan fingerprint density at radius 1 is 1.24 bits per heavy atom. The van der Waals surface area contributed by atoms with Gasteiger partial charge in [-0.1, -0.05) is 25.5 Å². The molecule has 0 aromatic rings. The molecule has 1 nitrogen and oxygen atoms in total. The number of hydrogen-bond donors (Lipinski definition) is 0. The summed E-state index contributed by atoms with van der Waals surface area (Å²) in [7, 11) is 0. The zero-order valence-corrected chi connectivity index (χ0v) is 13.8. The van der Waals surface area contributed by atoms with Crippen LogP contribution in [0.2, 0.25) is 0 Å². The van der Waals surface area contributed by atoms with Gasteiger partial charge in [-0.05, 0) is 79.4 Å². The van der Waals surface area contributed by atoms with Gasteiger partial charge in [0.2, 0.25) is 0 Å². The predicted molar refractivity (Wildman–Crippen MR) is 88.0 cm³/mol. The topological polar surface area (TPSA) is 17.1 Å². The maximum absolute atomic E-state index is 12.2.